The first kappa shape index (κ1) is 16.9. The molecule has 0 bridgehead atoms. The van der Waals surface area contributed by atoms with Gasteiger partial charge >= 0.3 is 6.03 Å². The monoisotopic (exact) mass is 326 g/mol. The number of unbranched alkanes of at least 4 members (excludes halogenated alkanes) is 1. The molecule has 1 fully saturated rings. The fourth-order valence-electron chi connectivity index (χ4n) is 2.34. The topological polar surface area (TPSA) is 78.8 Å². The van der Waals surface area contributed by atoms with Gasteiger partial charge in [-0.15, -0.1) is 10.2 Å². The Morgan fingerprint density at radius 3 is 2.91 bits per heavy atom. The lowest BCUT2D eigenvalue weighted by Crippen LogP contribution is -2.39. The van der Waals surface area contributed by atoms with Gasteiger partial charge in [-0.25, -0.2) is 9.69 Å². The van der Waals surface area contributed by atoms with Crippen molar-refractivity contribution < 1.29 is 14.6 Å². The average Bonchev–Trinajstić information content (AvgIpc) is 3.03. The molecule has 0 saturated carbocycles. The minimum absolute atomic E-state index is 0.273. The minimum atomic E-state index is -0.971. The van der Waals surface area contributed by atoms with E-state index in [0.29, 0.717) is 5.13 Å². The zero-order valence-corrected chi connectivity index (χ0v) is 13.9. The average molecular weight is 326 g/mol. The smallest absolute Gasteiger partial charge is 0.328 e. The highest BCUT2D eigenvalue weighted by Gasteiger charge is 2.45. The van der Waals surface area contributed by atoms with Crippen molar-refractivity contribution in [3.05, 3.63) is 17.2 Å². The summed E-state index contributed by atoms with van der Waals surface area (Å²) in [5.74, 6) is 0. The Bertz CT molecular complexity index is 534. The molecular weight excluding hydrogens is 304 g/mol. The molecule has 22 heavy (non-hydrogen) atoms. The van der Waals surface area contributed by atoms with Crippen LogP contribution in [0.25, 0.3) is 0 Å². The lowest BCUT2D eigenvalue weighted by molar-refractivity contribution is 0.0633. The fraction of sp³-hybridized carbons (Fsp3) is 0.643. The van der Waals surface area contributed by atoms with Crippen LogP contribution in [0.1, 0.15) is 24.8 Å². The number of hydrogen-bond donors (Lipinski definition) is 1. The van der Waals surface area contributed by atoms with Gasteiger partial charge in [0.15, 0.2) is 6.23 Å². The normalized spacial score (nSPS) is 22.3. The van der Waals surface area contributed by atoms with E-state index in [-0.39, 0.29) is 12.6 Å². The Labute approximate surface area is 134 Å². The number of ether oxygens (including phenoxy) is 1. The third-order valence-corrected chi connectivity index (χ3v) is 4.59. The number of amides is 2. The molecule has 2 heterocycles. The summed E-state index contributed by atoms with van der Waals surface area (Å²) >= 11 is 1.35. The first-order valence-electron chi connectivity index (χ1n) is 7.26. The van der Waals surface area contributed by atoms with Crippen molar-refractivity contribution in [1.82, 2.24) is 15.1 Å². The summed E-state index contributed by atoms with van der Waals surface area (Å²) in [7, 11) is 3.19. The van der Waals surface area contributed by atoms with Crippen LogP contribution in [-0.2, 0) is 11.2 Å². The number of hydrogen-bond acceptors (Lipinski definition) is 6. The first-order chi connectivity index (χ1) is 10.6. The number of anilines is 1. The van der Waals surface area contributed by atoms with Crippen LogP contribution in [0.5, 0.6) is 0 Å². The van der Waals surface area contributed by atoms with Gasteiger partial charge < -0.3 is 14.7 Å². The van der Waals surface area contributed by atoms with Gasteiger partial charge in [0.1, 0.15) is 11.0 Å². The Balaban J connectivity index is 2.05. The number of aromatic nitrogens is 2. The Morgan fingerprint density at radius 1 is 1.45 bits per heavy atom. The summed E-state index contributed by atoms with van der Waals surface area (Å²) in [6, 6.07) is -0.689. The second-order valence-electron chi connectivity index (χ2n) is 5.14. The summed E-state index contributed by atoms with van der Waals surface area (Å²) in [6.45, 7) is 2.27. The second-order valence-corrected chi connectivity index (χ2v) is 6.18. The van der Waals surface area contributed by atoms with E-state index in [1.165, 1.54) is 21.1 Å². The van der Waals surface area contributed by atoms with Gasteiger partial charge in [0, 0.05) is 20.6 Å². The largest absolute Gasteiger partial charge is 0.382 e. The molecule has 0 aromatic carbocycles. The third-order valence-electron chi connectivity index (χ3n) is 3.61. The molecule has 2 rings (SSSR count). The first-order valence-corrected chi connectivity index (χ1v) is 8.08. The molecule has 2 amide bonds. The maximum Gasteiger partial charge on any atom is 0.328 e. The van der Waals surface area contributed by atoms with Crippen LogP contribution in [0, 0.1) is 0 Å². The van der Waals surface area contributed by atoms with Gasteiger partial charge in [-0.3, -0.25) is 0 Å². The van der Waals surface area contributed by atoms with Gasteiger partial charge in [0.05, 0.1) is 6.61 Å². The van der Waals surface area contributed by atoms with E-state index >= 15 is 0 Å². The van der Waals surface area contributed by atoms with Crippen molar-refractivity contribution in [2.24, 2.45) is 0 Å². The number of allylic oxidation sites excluding steroid dienone is 2. The fourth-order valence-corrected chi connectivity index (χ4v) is 3.25. The Morgan fingerprint density at radius 2 is 2.23 bits per heavy atom. The van der Waals surface area contributed by atoms with Crippen LogP contribution < -0.4 is 4.90 Å². The molecule has 8 heteroatoms. The molecule has 0 spiro atoms. The lowest BCUT2D eigenvalue weighted by Gasteiger charge is -2.19. The number of aliphatic hydroxyl groups is 1. The van der Waals surface area contributed by atoms with Crippen LogP contribution in [-0.4, -0.2) is 59.3 Å². The number of urea groups is 1. The van der Waals surface area contributed by atoms with Crippen LogP contribution in [0.15, 0.2) is 12.2 Å². The maximum absolute atomic E-state index is 12.3. The van der Waals surface area contributed by atoms with E-state index in [9.17, 15) is 9.90 Å². The number of carbonyl (C=O) groups is 1. The van der Waals surface area contributed by atoms with E-state index in [0.717, 1.165) is 24.3 Å². The van der Waals surface area contributed by atoms with Gasteiger partial charge in [0.25, 0.3) is 0 Å². The van der Waals surface area contributed by atoms with Crippen molar-refractivity contribution in [1.29, 1.82) is 0 Å². The van der Waals surface area contributed by atoms with Crippen LogP contribution in [0.3, 0.4) is 0 Å². The Hall–Kier alpha value is -1.51. The predicted octanol–water partition coefficient (Wildman–Crippen LogP) is 1.64. The van der Waals surface area contributed by atoms with E-state index in [2.05, 4.69) is 16.3 Å². The third kappa shape index (κ3) is 3.45. The highest BCUT2D eigenvalue weighted by atomic mass is 32.1. The zero-order chi connectivity index (χ0) is 16.1. The second kappa shape index (κ2) is 7.66. The number of likely N-dealkylation sites (N-methyl/N-ethyl adjacent to an activating group) is 1. The number of carbonyl (C=O) groups excluding carboxylic acids is 1. The molecule has 0 radical (unpaired) electrons. The zero-order valence-electron chi connectivity index (χ0n) is 13.1. The molecule has 1 N–H and O–H groups in total. The number of nitrogens with zero attached hydrogens (tertiary/aromatic N) is 4. The highest BCUT2D eigenvalue weighted by molar-refractivity contribution is 7.15. The van der Waals surface area contributed by atoms with Gasteiger partial charge in [-0.2, -0.15) is 0 Å². The molecule has 7 nitrogen and oxygen atoms in total. The molecule has 1 saturated heterocycles. The number of rotatable bonds is 7. The van der Waals surface area contributed by atoms with Crippen molar-refractivity contribution >= 4 is 22.5 Å². The molecule has 0 aliphatic carbocycles. The Kier molecular flexibility index (Phi) is 5.87. The highest BCUT2D eigenvalue weighted by Crippen LogP contribution is 2.30. The minimum Gasteiger partial charge on any atom is -0.382 e. The number of aliphatic hydroxyl groups excluding tert-OH is 1. The lowest BCUT2D eigenvalue weighted by atomic mass is 10.2. The molecular formula is C14H22N4O3S. The van der Waals surface area contributed by atoms with E-state index in [1.807, 2.05) is 13.0 Å². The van der Waals surface area contributed by atoms with Crippen molar-refractivity contribution in [3.63, 3.8) is 0 Å². The molecule has 2 unspecified atom stereocenters. The van der Waals surface area contributed by atoms with E-state index in [1.54, 1.807) is 14.2 Å². The van der Waals surface area contributed by atoms with Gasteiger partial charge in [-0.05, 0) is 19.8 Å². The van der Waals surface area contributed by atoms with Crippen LogP contribution in [0.4, 0.5) is 9.93 Å². The van der Waals surface area contributed by atoms with Gasteiger partial charge in [-0.1, -0.05) is 23.5 Å². The number of aryl methyl sites for hydroxylation is 1. The summed E-state index contributed by atoms with van der Waals surface area (Å²) < 4.78 is 5.06. The molecule has 1 aromatic rings. The van der Waals surface area contributed by atoms with Crippen LogP contribution in [0.2, 0.25) is 0 Å². The summed E-state index contributed by atoms with van der Waals surface area (Å²) in [4.78, 5) is 15.0. The molecule has 1 aliphatic heterocycles. The van der Waals surface area contributed by atoms with Crippen molar-refractivity contribution in [2.75, 3.05) is 25.7 Å². The predicted molar refractivity (Wildman–Crippen MR) is 85.0 cm³/mol. The van der Waals surface area contributed by atoms with Crippen LogP contribution >= 0.6 is 11.3 Å². The van der Waals surface area contributed by atoms with E-state index in [4.69, 9.17) is 4.74 Å². The standard InChI is InChI=1S/C14H22N4O3S/c1-4-5-6-7-8-11-15-16-13(22-11)18-12(19)10(9-21-3)17(2)14(18)20/h4-5,10,12,19H,6-9H2,1-3H3. The maximum atomic E-state index is 12.3. The molecule has 1 aromatic heterocycles. The van der Waals surface area contributed by atoms with E-state index < -0.39 is 12.3 Å². The summed E-state index contributed by atoms with van der Waals surface area (Å²) in [6.07, 6.45) is 5.96. The van der Waals surface area contributed by atoms with Crippen molar-refractivity contribution in [2.45, 2.75) is 38.5 Å². The SMILES string of the molecule is CC=CCCCc1nnc(N2C(=O)N(C)C(COC)C2O)s1. The molecule has 122 valence electrons. The number of methoxy groups -OCH3 is 1. The summed E-state index contributed by atoms with van der Waals surface area (Å²) in [5, 5.41) is 19.8. The molecule has 2 atom stereocenters. The molecule has 1 aliphatic rings. The quantitative estimate of drug-likeness (QED) is 0.609. The van der Waals surface area contributed by atoms with Crippen molar-refractivity contribution in [3.8, 4) is 0 Å². The summed E-state index contributed by atoms with van der Waals surface area (Å²) in [5.41, 5.74) is 0. The van der Waals surface area contributed by atoms with Gasteiger partial charge in [0.2, 0.25) is 5.13 Å².